The summed E-state index contributed by atoms with van der Waals surface area (Å²) in [6.07, 6.45) is 0.932. The molecule has 18 heavy (non-hydrogen) atoms. The molecular weight excluding hydrogens is 270 g/mol. The molecule has 0 aliphatic rings. The molecular formula is C12H21NO3S2. The first-order valence-electron chi connectivity index (χ1n) is 6.07. The molecule has 0 aromatic carbocycles. The Morgan fingerprint density at radius 2 is 1.67 bits per heavy atom. The van der Waals surface area contributed by atoms with Gasteiger partial charge in [-0.3, -0.25) is 0 Å². The highest BCUT2D eigenvalue weighted by Gasteiger charge is 2.00. The Bertz CT molecular complexity index is 307. The first kappa shape index (κ1) is 15.9. The second-order valence-electron chi connectivity index (χ2n) is 3.67. The lowest BCUT2D eigenvalue weighted by atomic mass is 10.3. The van der Waals surface area contributed by atoms with E-state index in [1.165, 1.54) is 4.88 Å². The lowest BCUT2D eigenvalue weighted by molar-refractivity contribution is 0.0181. The maximum atomic E-state index is 5.49. The van der Waals surface area contributed by atoms with Crippen molar-refractivity contribution in [3.63, 3.8) is 0 Å². The molecule has 0 aliphatic carbocycles. The van der Waals surface area contributed by atoms with Gasteiger partial charge in [-0.25, -0.2) is 4.98 Å². The van der Waals surface area contributed by atoms with Gasteiger partial charge in [0.2, 0.25) is 0 Å². The summed E-state index contributed by atoms with van der Waals surface area (Å²) in [5.41, 5.74) is 2.99. The molecule has 1 aromatic heterocycles. The highest BCUT2D eigenvalue weighted by molar-refractivity contribution is 7.80. The van der Waals surface area contributed by atoms with Crippen LogP contribution in [0.4, 0.5) is 0 Å². The van der Waals surface area contributed by atoms with Crippen LogP contribution in [0.3, 0.4) is 0 Å². The third-order valence-electron chi connectivity index (χ3n) is 2.30. The standard InChI is InChI=1S/C12H21NO3S2/c1-11-12(18-10-13-11)2-3-14-4-5-15-6-7-16-8-9-17/h10,17H,2-9H2,1H3. The maximum absolute atomic E-state index is 5.49. The number of thiazole rings is 1. The van der Waals surface area contributed by atoms with Gasteiger partial charge in [-0.1, -0.05) is 0 Å². The molecule has 0 fully saturated rings. The molecule has 104 valence electrons. The smallest absolute Gasteiger partial charge is 0.0797 e. The van der Waals surface area contributed by atoms with E-state index in [0.29, 0.717) is 33.0 Å². The van der Waals surface area contributed by atoms with Gasteiger partial charge in [0.05, 0.1) is 50.8 Å². The molecule has 1 aromatic rings. The molecule has 6 heteroatoms. The zero-order valence-corrected chi connectivity index (χ0v) is 12.5. The molecule has 0 N–H and O–H groups in total. The van der Waals surface area contributed by atoms with Crippen molar-refractivity contribution in [3.05, 3.63) is 16.1 Å². The normalized spacial score (nSPS) is 11.0. The second-order valence-corrected chi connectivity index (χ2v) is 5.06. The third-order valence-corrected chi connectivity index (χ3v) is 3.48. The summed E-state index contributed by atoms with van der Waals surface area (Å²) < 4.78 is 16.1. The van der Waals surface area contributed by atoms with Crippen molar-refractivity contribution >= 4 is 24.0 Å². The summed E-state index contributed by atoms with van der Waals surface area (Å²) in [5, 5.41) is 0. The topological polar surface area (TPSA) is 40.6 Å². The number of hydrogen-bond acceptors (Lipinski definition) is 6. The number of nitrogens with zero attached hydrogens (tertiary/aromatic N) is 1. The lowest BCUT2D eigenvalue weighted by Crippen LogP contribution is -2.11. The summed E-state index contributed by atoms with van der Waals surface area (Å²) in [5.74, 6) is 0.750. The molecule has 0 radical (unpaired) electrons. The van der Waals surface area contributed by atoms with Crippen molar-refractivity contribution in [2.45, 2.75) is 13.3 Å². The summed E-state index contributed by atoms with van der Waals surface area (Å²) in [6, 6.07) is 0. The number of aryl methyl sites for hydroxylation is 1. The summed E-state index contributed by atoms with van der Waals surface area (Å²) >= 11 is 5.73. The van der Waals surface area contributed by atoms with Crippen LogP contribution in [-0.4, -0.2) is 50.4 Å². The van der Waals surface area contributed by atoms with E-state index in [2.05, 4.69) is 17.6 Å². The fourth-order valence-corrected chi connectivity index (χ4v) is 2.23. The maximum Gasteiger partial charge on any atom is 0.0797 e. The van der Waals surface area contributed by atoms with E-state index in [4.69, 9.17) is 14.2 Å². The van der Waals surface area contributed by atoms with Crippen molar-refractivity contribution in [3.8, 4) is 0 Å². The Labute approximate surface area is 118 Å². The highest BCUT2D eigenvalue weighted by Crippen LogP contribution is 2.12. The van der Waals surface area contributed by atoms with Crippen LogP contribution in [-0.2, 0) is 20.6 Å². The van der Waals surface area contributed by atoms with Gasteiger partial charge >= 0.3 is 0 Å². The van der Waals surface area contributed by atoms with Gasteiger partial charge in [0.25, 0.3) is 0 Å². The summed E-state index contributed by atoms with van der Waals surface area (Å²) in [4.78, 5) is 5.50. The predicted molar refractivity (Wildman–Crippen MR) is 76.9 cm³/mol. The first-order valence-corrected chi connectivity index (χ1v) is 7.59. The fourth-order valence-electron chi connectivity index (χ4n) is 1.34. The average Bonchev–Trinajstić information content (AvgIpc) is 2.77. The number of ether oxygens (including phenoxy) is 3. The second kappa shape index (κ2) is 10.8. The minimum absolute atomic E-state index is 0.616. The van der Waals surface area contributed by atoms with E-state index in [1.54, 1.807) is 11.3 Å². The Morgan fingerprint density at radius 1 is 1.06 bits per heavy atom. The molecule has 1 rings (SSSR count). The average molecular weight is 291 g/mol. The van der Waals surface area contributed by atoms with E-state index in [0.717, 1.165) is 24.5 Å². The van der Waals surface area contributed by atoms with Crippen molar-refractivity contribution in [1.82, 2.24) is 4.98 Å². The van der Waals surface area contributed by atoms with Crippen LogP contribution in [0.15, 0.2) is 5.51 Å². The minimum Gasteiger partial charge on any atom is -0.379 e. The molecule has 1 heterocycles. The van der Waals surface area contributed by atoms with E-state index < -0.39 is 0 Å². The quantitative estimate of drug-likeness (QED) is 0.500. The number of thiol groups is 1. The van der Waals surface area contributed by atoms with Crippen LogP contribution >= 0.6 is 24.0 Å². The van der Waals surface area contributed by atoms with Crippen LogP contribution < -0.4 is 0 Å². The van der Waals surface area contributed by atoms with Crippen molar-refractivity contribution in [1.29, 1.82) is 0 Å². The summed E-state index contributed by atoms with van der Waals surface area (Å²) in [6.45, 7) is 5.92. The predicted octanol–water partition coefficient (Wildman–Crippen LogP) is 1.97. The van der Waals surface area contributed by atoms with Crippen LogP contribution in [0.25, 0.3) is 0 Å². The first-order chi connectivity index (χ1) is 8.84. The van der Waals surface area contributed by atoms with E-state index in [9.17, 15) is 0 Å². The molecule has 0 saturated heterocycles. The van der Waals surface area contributed by atoms with E-state index in [1.807, 2.05) is 12.4 Å². The monoisotopic (exact) mass is 291 g/mol. The van der Waals surface area contributed by atoms with Gasteiger partial charge in [-0.15, -0.1) is 11.3 Å². The van der Waals surface area contributed by atoms with E-state index >= 15 is 0 Å². The van der Waals surface area contributed by atoms with Gasteiger partial charge in [-0.05, 0) is 6.92 Å². The van der Waals surface area contributed by atoms with Gasteiger partial charge in [0.15, 0.2) is 0 Å². The molecule has 0 amide bonds. The van der Waals surface area contributed by atoms with Gasteiger partial charge in [0, 0.05) is 17.1 Å². The summed E-state index contributed by atoms with van der Waals surface area (Å²) in [7, 11) is 0. The Kier molecular flexibility index (Phi) is 9.51. The number of rotatable bonds is 11. The van der Waals surface area contributed by atoms with Crippen LogP contribution in [0.5, 0.6) is 0 Å². The lowest BCUT2D eigenvalue weighted by Gasteiger charge is -2.06. The van der Waals surface area contributed by atoms with Crippen molar-refractivity contribution < 1.29 is 14.2 Å². The number of hydrogen-bond donors (Lipinski definition) is 1. The van der Waals surface area contributed by atoms with Crippen LogP contribution in [0.2, 0.25) is 0 Å². The van der Waals surface area contributed by atoms with Gasteiger partial charge < -0.3 is 14.2 Å². The fraction of sp³-hybridized carbons (Fsp3) is 0.750. The van der Waals surface area contributed by atoms with Crippen LogP contribution in [0, 0.1) is 6.92 Å². The Hall–Kier alpha value is -0.140. The highest BCUT2D eigenvalue weighted by atomic mass is 32.1. The molecule has 0 spiro atoms. The third kappa shape index (κ3) is 7.33. The number of aromatic nitrogens is 1. The zero-order valence-electron chi connectivity index (χ0n) is 10.8. The van der Waals surface area contributed by atoms with Gasteiger partial charge in [-0.2, -0.15) is 12.6 Å². The van der Waals surface area contributed by atoms with Gasteiger partial charge in [0.1, 0.15) is 0 Å². The Morgan fingerprint density at radius 3 is 2.22 bits per heavy atom. The van der Waals surface area contributed by atoms with Crippen molar-refractivity contribution in [2.24, 2.45) is 0 Å². The Balaban J connectivity index is 1.83. The molecule has 4 nitrogen and oxygen atoms in total. The largest absolute Gasteiger partial charge is 0.379 e. The SMILES string of the molecule is Cc1ncsc1CCOCCOCCOCCS. The zero-order chi connectivity index (χ0) is 13.1. The van der Waals surface area contributed by atoms with Crippen LogP contribution in [0.1, 0.15) is 10.6 Å². The molecule has 0 atom stereocenters. The molecule has 0 bridgehead atoms. The molecule has 0 unspecified atom stereocenters. The molecule has 0 aliphatic heterocycles. The van der Waals surface area contributed by atoms with E-state index in [-0.39, 0.29) is 0 Å². The minimum atomic E-state index is 0.616. The van der Waals surface area contributed by atoms with Crippen molar-refractivity contribution in [2.75, 3.05) is 45.4 Å². The molecule has 0 saturated carbocycles.